The molecule has 0 heterocycles. The molecule has 2 heteroatoms. The molecule has 1 rings (SSSR count). The monoisotopic (exact) mass is 195 g/mol. The molecule has 2 nitrogen and oxygen atoms in total. The lowest BCUT2D eigenvalue weighted by molar-refractivity contribution is -0.123. The molecule has 1 N–H and O–H groups in total. The van der Waals surface area contributed by atoms with Gasteiger partial charge in [0, 0.05) is 12.5 Å². The first-order valence-corrected chi connectivity index (χ1v) is 5.58. The summed E-state index contributed by atoms with van der Waals surface area (Å²) >= 11 is 0. The van der Waals surface area contributed by atoms with Gasteiger partial charge in [0.2, 0.25) is 0 Å². The second kappa shape index (κ2) is 5.97. The van der Waals surface area contributed by atoms with Crippen LogP contribution in [0.15, 0.2) is 12.7 Å². The lowest BCUT2D eigenvalue weighted by Gasteiger charge is -2.25. The van der Waals surface area contributed by atoms with Crippen molar-refractivity contribution < 1.29 is 4.79 Å². The van der Waals surface area contributed by atoms with Crippen molar-refractivity contribution in [2.45, 2.75) is 32.6 Å². The molecule has 1 aliphatic carbocycles. The Morgan fingerprint density at radius 1 is 1.43 bits per heavy atom. The summed E-state index contributed by atoms with van der Waals surface area (Å²) < 4.78 is 0. The molecule has 0 aliphatic heterocycles. The standard InChI is InChI=1S/C12H21NO/c1-3-8-13-9-12(14)11-6-4-10(2)5-7-11/h3,10-11,13H,1,4-9H2,2H3. The first kappa shape index (κ1) is 11.4. The molecule has 80 valence electrons. The average Bonchev–Trinajstić information content (AvgIpc) is 2.19. The van der Waals surface area contributed by atoms with Crippen LogP contribution in [0.4, 0.5) is 0 Å². The van der Waals surface area contributed by atoms with Crippen LogP contribution in [0, 0.1) is 11.8 Å². The number of hydrogen-bond acceptors (Lipinski definition) is 2. The molecule has 14 heavy (non-hydrogen) atoms. The quantitative estimate of drug-likeness (QED) is 0.538. The Balaban J connectivity index is 2.20. The fraction of sp³-hybridized carbons (Fsp3) is 0.750. The summed E-state index contributed by atoms with van der Waals surface area (Å²) in [4.78, 5) is 11.7. The van der Waals surface area contributed by atoms with Gasteiger partial charge in [-0.15, -0.1) is 6.58 Å². The summed E-state index contributed by atoms with van der Waals surface area (Å²) in [6, 6.07) is 0. The van der Waals surface area contributed by atoms with Gasteiger partial charge in [0.1, 0.15) is 5.78 Å². The highest BCUT2D eigenvalue weighted by Gasteiger charge is 2.23. The van der Waals surface area contributed by atoms with E-state index in [1.165, 1.54) is 12.8 Å². The summed E-state index contributed by atoms with van der Waals surface area (Å²) in [6.45, 7) is 7.13. The molecule has 0 bridgehead atoms. The second-order valence-corrected chi connectivity index (χ2v) is 4.34. The highest BCUT2D eigenvalue weighted by Crippen LogP contribution is 2.28. The number of rotatable bonds is 5. The van der Waals surface area contributed by atoms with Gasteiger partial charge in [0.05, 0.1) is 6.54 Å². The van der Waals surface area contributed by atoms with Gasteiger partial charge >= 0.3 is 0 Å². The Morgan fingerprint density at radius 2 is 2.07 bits per heavy atom. The van der Waals surface area contributed by atoms with Crippen molar-refractivity contribution >= 4 is 5.78 Å². The van der Waals surface area contributed by atoms with Gasteiger partial charge in [-0.2, -0.15) is 0 Å². The molecular formula is C12H21NO. The van der Waals surface area contributed by atoms with Crippen molar-refractivity contribution in [2.24, 2.45) is 11.8 Å². The van der Waals surface area contributed by atoms with Crippen LogP contribution in [0.5, 0.6) is 0 Å². The lowest BCUT2D eigenvalue weighted by atomic mass is 9.81. The third-order valence-corrected chi connectivity index (χ3v) is 3.06. The Bertz CT molecular complexity index is 192. The Kier molecular flexibility index (Phi) is 4.88. The normalized spacial score (nSPS) is 27.2. The third-order valence-electron chi connectivity index (χ3n) is 3.06. The molecule has 1 fully saturated rings. The predicted octanol–water partition coefficient (Wildman–Crippen LogP) is 2.16. The van der Waals surface area contributed by atoms with E-state index in [1.54, 1.807) is 6.08 Å². The number of Topliss-reactive ketones (excluding diaryl/α,β-unsaturated/α-hetero) is 1. The molecule has 0 atom stereocenters. The summed E-state index contributed by atoms with van der Waals surface area (Å²) in [5.41, 5.74) is 0. The zero-order valence-corrected chi connectivity index (χ0v) is 9.09. The largest absolute Gasteiger partial charge is 0.307 e. The van der Waals surface area contributed by atoms with Crippen LogP contribution in [-0.4, -0.2) is 18.9 Å². The highest BCUT2D eigenvalue weighted by molar-refractivity contribution is 5.83. The molecule has 1 saturated carbocycles. The van der Waals surface area contributed by atoms with Crippen LogP contribution in [-0.2, 0) is 4.79 Å². The maximum absolute atomic E-state index is 11.7. The molecule has 0 aromatic carbocycles. The summed E-state index contributed by atoms with van der Waals surface area (Å²) in [5, 5.41) is 3.08. The van der Waals surface area contributed by atoms with Crippen molar-refractivity contribution in [3.8, 4) is 0 Å². The van der Waals surface area contributed by atoms with Gasteiger partial charge < -0.3 is 5.32 Å². The zero-order valence-electron chi connectivity index (χ0n) is 9.09. The van der Waals surface area contributed by atoms with Gasteiger partial charge in [0.25, 0.3) is 0 Å². The summed E-state index contributed by atoms with van der Waals surface area (Å²) in [5.74, 6) is 1.53. The minimum atomic E-state index is 0.323. The first-order valence-electron chi connectivity index (χ1n) is 5.58. The maximum atomic E-state index is 11.7. The molecule has 0 radical (unpaired) electrons. The van der Waals surface area contributed by atoms with E-state index < -0.39 is 0 Å². The Labute approximate surface area is 86.8 Å². The van der Waals surface area contributed by atoms with E-state index in [-0.39, 0.29) is 0 Å². The van der Waals surface area contributed by atoms with E-state index in [4.69, 9.17) is 0 Å². The molecule has 1 aliphatic rings. The van der Waals surface area contributed by atoms with E-state index in [1.807, 2.05) is 0 Å². The van der Waals surface area contributed by atoms with Gasteiger partial charge in [-0.25, -0.2) is 0 Å². The van der Waals surface area contributed by atoms with Crippen molar-refractivity contribution in [3.63, 3.8) is 0 Å². The van der Waals surface area contributed by atoms with E-state index in [2.05, 4.69) is 18.8 Å². The summed E-state index contributed by atoms with van der Waals surface area (Å²) in [6.07, 6.45) is 6.41. The van der Waals surface area contributed by atoms with E-state index in [0.29, 0.717) is 18.2 Å². The fourth-order valence-electron chi connectivity index (χ4n) is 2.02. The number of carbonyl (C=O) groups is 1. The van der Waals surface area contributed by atoms with E-state index in [0.717, 1.165) is 25.3 Å². The zero-order chi connectivity index (χ0) is 10.4. The van der Waals surface area contributed by atoms with Crippen molar-refractivity contribution in [3.05, 3.63) is 12.7 Å². The molecule has 0 amide bonds. The second-order valence-electron chi connectivity index (χ2n) is 4.34. The SMILES string of the molecule is C=CCNCC(=O)C1CCC(C)CC1. The van der Waals surface area contributed by atoms with Gasteiger partial charge in [0.15, 0.2) is 0 Å². The van der Waals surface area contributed by atoms with Crippen LogP contribution >= 0.6 is 0 Å². The average molecular weight is 195 g/mol. The third kappa shape index (κ3) is 3.62. The van der Waals surface area contributed by atoms with Gasteiger partial charge in [-0.05, 0) is 18.8 Å². The van der Waals surface area contributed by atoms with Crippen molar-refractivity contribution in [1.82, 2.24) is 5.32 Å². The topological polar surface area (TPSA) is 29.1 Å². The van der Waals surface area contributed by atoms with Crippen LogP contribution in [0.1, 0.15) is 32.6 Å². The highest BCUT2D eigenvalue weighted by atomic mass is 16.1. The van der Waals surface area contributed by atoms with Gasteiger partial charge in [-0.3, -0.25) is 4.79 Å². The van der Waals surface area contributed by atoms with E-state index in [9.17, 15) is 4.79 Å². The molecule has 0 saturated heterocycles. The van der Waals surface area contributed by atoms with E-state index >= 15 is 0 Å². The molecule has 0 unspecified atom stereocenters. The van der Waals surface area contributed by atoms with Crippen LogP contribution in [0.2, 0.25) is 0 Å². The lowest BCUT2D eigenvalue weighted by Crippen LogP contribution is -2.30. The number of hydrogen-bond donors (Lipinski definition) is 1. The van der Waals surface area contributed by atoms with Crippen LogP contribution in [0.25, 0.3) is 0 Å². The molecule has 0 spiro atoms. The molecule has 0 aromatic heterocycles. The molecule has 0 aromatic rings. The number of carbonyl (C=O) groups excluding carboxylic acids is 1. The maximum Gasteiger partial charge on any atom is 0.149 e. The predicted molar refractivity (Wildman–Crippen MR) is 59.2 cm³/mol. The minimum absolute atomic E-state index is 0.323. The number of nitrogens with one attached hydrogen (secondary N) is 1. The van der Waals surface area contributed by atoms with Crippen molar-refractivity contribution in [2.75, 3.05) is 13.1 Å². The van der Waals surface area contributed by atoms with Crippen molar-refractivity contribution in [1.29, 1.82) is 0 Å². The minimum Gasteiger partial charge on any atom is -0.307 e. The number of ketones is 1. The summed E-state index contributed by atoms with van der Waals surface area (Å²) in [7, 11) is 0. The Morgan fingerprint density at radius 3 is 2.64 bits per heavy atom. The Hall–Kier alpha value is -0.630. The first-order chi connectivity index (χ1) is 6.74. The van der Waals surface area contributed by atoms with Crippen LogP contribution in [0.3, 0.4) is 0 Å². The smallest absolute Gasteiger partial charge is 0.149 e. The fourth-order valence-corrected chi connectivity index (χ4v) is 2.02. The molecular weight excluding hydrogens is 174 g/mol. The van der Waals surface area contributed by atoms with Gasteiger partial charge in [-0.1, -0.05) is 25.8 Å². The van der Waals surface area contributed by atoms with Crippen LogP contribution < -0.4 is 5.32 Å².